The largest absolute Gasteiger partial charge is 0.351 e. The van der Waals surface area contributed by atoms with Gasteiger partial charge < -0.3 is 10.6 Å². The van der Waals surface area contributed by atoms with Crippen molar-refractivity contribution in [2.75, 3.05) is 19.6 Å². The maximum absolute atomic E-state index is 11.9. The minimum absolute atomic E-state index is 0. The molecule has 1 unspecified atom stereocenters. The number of rotatable bonds is 5. The first-order valence-electron chi connectivity index (χ1n) is 8.12. The number of amides is 1. The Morgan fingerprint density at radius 1 is 1.14 bits per heavy atom. The highest BCUT2D eigenvalue weighted by Crippen LogP contribution is 2.13. The van der Waals surface area contributed by atoms with E-state index in [0.717, 1.165) is 25.9 Å². The van der Waals surface area contributed by atoms with Crippen LogP contribution in [0.1, 0.15) is 36.8 Å². The molecule has 0 aromatic heterocycles. The molecule has 22 heavy (non-hydrogen) atoms. The average Bonchev–Trinajstić information content (AvgIpc) is 3.19. The maximum Gasteiger partial charge on any atom is 0.237 e. The molecule has 122 valence electrons. The maximum atomic E-state index is 11.9. The summed E-state index contributed by atoms with van der Waals surface area (Å²) in [5.41, 5.74) is 2.54. The van der Waals surface area contributed by atoms with Crippen LogP contribution in [0.4, 0.5) is 0 Å². The van der Waals surface area contributed by atoms with E-state index in [1.54, 1.807) is 0 Å². The molecule has 3 rings (SSSR count). The number of carbonyl (C=O) groups excluding carboxylic acids is 1. The summed E-state index contributed by atoms with van der Waals surface area (Å²) in [5, 5.41) is 6.25. The molecule has 0 bridgehead atoms. The van der Waals surface area contributed by atoms with Gasteiger partial charge in [0.05, 0.1) is 6.04 Å². The van der Waals surface area contributed by atoms with E-state index in [1.807, 2.05) is 0 Å². The van der Waals surface area contributed by atoms with Crippen molar-refractivity contribution < 1.29 is 4.79 Å². The van der Waals surface area contributed by atoms with Crippen LogP contribution in [0, 0.1) is 0 Å². The van der Waals surface area contributed by atoms with Crippen molar-refractivity contribution in [3.05, 3.63) is 35.4 Å². The predicted molar refractivity (Wildman–Crippen MR) is 91.1 cm³/mol. The number of likely N-dealkylation sites (tertiary alicyclic amines) is 1. The Hall–Kier alpha value is -1.10. The van der Waals surface area contributed by atoms with Crippen LogP contribution >= 0.6 is 12.4 Å². The Morgan fingerprint density at radius 2 is 1.82 bits per heavy atom. The van der Waals surface area contributed by atoms with Gasteiger partial charge in [0, 0.05) is 13.1 Å². The average molecular weight is 324 g/mol. The van der Waals surface area contributed by atoms with Gasteiger partial charge in [0.1, 0.15) is 0 Å². The summed E-state index contributed by atoms with van der Waals surface area (Å²) in [6.07, 6.45) is 4.72. The topological polar surface area (TPSA) is 44.4 Å². The lowest BCUT2D eigenvalue weighted by Crippen LogP contribution is -2.39. The van der Waals surface area contributed by atoms with E-state index in [0.29, 0.717) is 6.54 Å². The van der Waals surface area contributed by atoms with E-state index in [1.165, 1.54) is 37.1 Å². The molecule has 1 aromatic rings. The minimum atomic E-state index is 0. The molecular weight excluding hydrogens is 298 g/mol. The molecule has 5 heteroatoms. The molecule has 0 aliphatic carbocycles. The van der Waals surface area contributed by atoms with E-state index >= 15 is 0 Å². The monoisotopic (exact) mass is 323 g/mol. The second kappa shape index (κ2) is 8.51. The fourth-order valence-corrected chi connectivity index (χ4v) is 3.18. The second-order valence-electron chi connectivity index (χ2n) is 6.17. The highest BCUT2D eigenvalue weighted by atomic mass is 35.5. The number of hydrogen-bond acceptors (Lipinski definition) is 3. The van der Waals surface area contributed by atoms with Crippen LogP contribution in [-0.4, -0.2) is 36.5 Å². The van der Waals surface area contributed by atoms with Gasteiger partial charge in [0.25, 0.3) is 0 Å². The molecule has 1 amide bonds. The van der Waals surface area contributed by atoms with Crippen LogP contribution in [0.2, 0.25) is 0 Å². The summed E-state index contributed by atoms with van der Waals surface area (Å²) in [4.78, 5) is 14.4. The first kappa shape index (κ1) is 17.3. The SMILES string of the molecule is Cl.O=C(NCc1ccc(CN2CCCC2)cc1)C1CCCN1. The Balaban J connectivity index is 0.00000176. The van der Waals surface area contributed by atoms with Gasteiger partial charge in [-0.2, -0.15) is 0 Å². The summed E-state index contributed by atoms with van der Waals surface area (Å²) in [6, 6.07) is 8.66. The zero-order valence-electron chi connectivity index (χ0n) is 13.0. The van der Waals surface area contributed by atoms with Crippen molar-refractivity contribution in [1.29, 1.82) is 0 Å². The summed E-state index contributed by atoms with van der Waals surface area (Å²) in [6.45, 7) is 5.10. The smallest absolute Gasteiger partial charge is 0.237 e. The van der Waals surface area contributed by atoms with Gasteiger partial charge in [-0.25, -0.2) is 0 Å². The molecule has 2 fully saturated rings. The van der Waals surface area contributed by atoms with Crippen LogP contribution in [0.5, 0.6) is 0 Å². The van der Waals surface area contributed by atoms with E-state index < -0.39 is 0 Å². The molecule has 2 N–H and O–H groups in total. The summed E-state index contributed by atoms with van der Waals surface area (Å²) >= 11 is 0. The number of halogens is 1. The first-order chi connectivity index (χ1) is 10.3. The van der Waals surface area contributed by atoms with Gasteiger partial charge in [0.2, 0.25) is 5.91 Å². The molecule has 2 aliphatic heterocycles. The molecule has 2 heterocycles. The zero-order chi connectivity index (χ0) is 14.5. The Kier molecular flexibility index (Phi) is 6.68. The summed E-state index contributed by atoms with van der Waals surface area (Å²) in [5.74, 6) is 0.133. The lowest BCUT2D eigenvalue weighted by molar-refractivity contribution is -0.122. The molecular formula is C17H26ClN3O. The van der Waals surface area contributed by atoms with E-state index in [-0.39, 0.29) is 24.4 Å². The van der Waals surface area contributed by atoms with Crippen molar-refractivity contribution in [1.82, 2.24) is 15.5 Å². The van der Waals surface area contributed by atoms with Gasteiger partial charge in [-0.1, -0.05) is 24.3 Å². The van der Waals surface area contributed by atoms with Gasteiger partial charge in [-0.05, 0) is 56.4 Å². The molecule has 4 nitrogen and oxygen atoms in total. The molecule has 1 aromatic carbocycles. The predicted octanol–water partition coefficient (Wildman–Crippen LogP) is 2.07. The third-order valence-electron chi connectivity index (χ3n) is 4.47. The highest BCUT2D eigenvalue weighted by Gasteiger charge is 2.21. The molecule has 2 saturated heterocycles. The van der Waals surface area contributed by atoms with Crippen LogP contribution in [0.15, 0.2) is 24.3 Å². The van der Waals surface area contributed by atoms with Crippen molar-refractivity contribution in [3.63, 3.8) is 0 Å². The molecule has 0 spiro atoms. The fraction of sp³-hybridized carbons (Fsp3) is 0.588. The van der Waals surface area contributed by atoms with Gasteiger partial charge in [0.15, 0.2) is 0 Å². The number of nitrogens with zero attached hydrogens (tertiary/aromatic N) is 1. The Morgan fingerprint density at radius 3 is 2.45 bits per heavy atom. The molecule has 0 saturated carbocycles. The quantitative estimate of drug-likeness (QED) is 0.872. The molecule has 1 atom stereocenters. The van der Waals surface area contributed by atoms with Crippen LogP contribution in [0.3, 0.4) is 0 Å². The number of hydrogen-bond donors (Lipinski definition) is 2. The van der Waals surface area contributed by atoms with Crippen molar-refractivity contribution >= 4 is 18.3 Å². The molecule has 0 radical (unpaired) electrons. The lowest BCUT2D eigenvalue weighted by atomic mass is 10.1. The zero-order valence-corrected chi connectivity index (χ0v) is 13.8. The van der Waals surface area contributed by atoms with E-state index in [4.69, 9.17) is 0 Å². The fourth-order valence-electron chi connectivity index (χ4n) is 3.18. The third-order valence-corrected chi connectivity index (χ3v) is 4.47. The standard InChI is InChI=1S/C17H25N3O.ClH/c21-17(16-4-3-9-18-16)19-12-14-5-7-15(8-6-14)13-20-10-1-2-11-20;/h5-8,16,18H,1-4,9-13H2,(H,19,21);1H. The van der Waals surface area contributed by atoms with E-state index in [2.05, 4.69) is 39.8 Å². The van der Waals surface area contributed by atoms with Crippen molar-refractivity contribution in [2.24, 2.45) is 0 Å². The van der Waals surface area contributed by atoms with E-state index in [9.17, 15) is 4.79 Å². The first-order valence-corrected chi connectivity index (χ1v) is 8.12. The summed E-state index contributed by atoms with van der Waals surface area (Å²) in [7, 11) is 0. The van der Waals surface area contributed by atoms with Crippen LogP contribution < -0.4 is 10.6 Å². The summed E-state index contributed by atoms with van der Waals surface area (Å²) < 4.78 is 0. The normalized spacial score (nSPS) is 21.5. The van der Waals surface area contributed by atoms with Crippen LogP contribution in [0.25, 0.3) is 0 Å². The van der Waals surface area contributed by atoms with Crippen LogP contribution in [-0.2, 0) is 17.9 Å². The lowest BCUT2D eigenvalue weighted by Gasteiger charge is -2.15. The number of benzene rings is 1. The van der Waals surface area contributed by atoms with Gasteiger partial charge in [-0.3, -0.25) is 9.69 Å². The molecule has 2 aliphatic rings. The number of nitrogens with one attached hydrogen (secondary N) is 2. The second-order valence-corrected chi connectivity index (χ2v) is 6.17. The number of carbonyl (C=O) groups is 1. The van der Waals surface area contributed by atoms with Gasteiger partial charge in [-0.15, -0.1) is 12.4 Å². The Bertz CT molecular complexity index is 465. The van der Waals surface area contributed by atoms with Gasteiger partial charge >= 0.3 is 0 Å². The highest BCUT2D eigenvalue weighted by molar-refractivity contribution is 5.85. The third kappa shape index (κ3) is 4.70. The minimum Gasteiger partial charge on any atom is -0.351 e. The van der Waals surface area contributed by atoms with Crippen molar-refractivity contribution in [3.8, 4) is 0 Å². The van der Waals surface area contributed by atoms with Crippen molar-refractivity contribution in [2.45, 2.75) is 44.8 Å². The Labute approximate surface area is 139 Å².